The van der Waals surface area contributed by atoms with E-state index < -0.39 is 5.06 Å². The van der Waals surface area contributed by atoms with Crippen LogP contribution in [0.4, 0.5) is 0 Å². The Morgan fingerprint density at radius 2 is 2.42 bits per heavy atom. The van der Waals surface area contributed by atoms with Gasteiger partial charge in [-0.05, 0) is 11.6 Å². The number of methoxy groups -OCH3 is 1. The molecule has 0 aliphatic heterocycles. The summed E-state index contributed by atoms with van der Waals surface area (Å²) in [4.78, 5) is 11.2. The summed E-state index contributed by atoms with van der Waals surface area (Å²) in [6.07, 6.45) is 3.92. The average Bonchev–Trinajstić information content (AvgIpc) is 2.10. The van der Waals surface area contributed by atoms with Crippen LogP contribution in [0.15, 0.2) is 24.0 Å². The van der Waals surface area contributed by atoms with Crippen molar-refractivity contribution in [2.24, 2.45) is 0 Å². The number of ketones is 1. The summed E-state index contributed by atoms with van der Waals surface area (Å²) < 4.78 is 4.84. The lowest BCUT2D eigenvalue weighted by Gasteiger charge is -2.25. The molecule has 1 N–H and O–H groups in total. The highest BCUT2D eigenvalue weighted by Crippen LogP contribution is 2.30. The summed E-state index contributed by atoms with van der Waals surface area (Å²) in [5.74, 6) is -0.294. The van der Waals surface area contributed by atoms with E-state index in [0.29, 0.717) is 5.57 Å². The number of alkyl halides is 1. The summed E-state index contributed by atoms with van der Waals surface area (Å²) in [5, 5.41) is 7.34. The van der Waals surface area contributed by atoms with Gasteiger partial charge < -0.3 is 9.84 Å². The number of rotatable bonds is 1. The van der Waals surface area contributed by atoms with Crippen molar-refractivity contribution >= 4 is 17.4 Å². The Kier molecular flexibility index (Phi) is 2.55. The SMILES string of the molecule is COC1(Cl)CC(=CO)C=CC1=O. The minimum absolute atomic E-state index is 0.191. The first-order valence-corrected chi connectivity index (χ1v) is 3.80. The molecule has 1 unspecified atom stereocenters. The first-order valence-electron chi connectivity index (χ1n) is 3.42. The number of hydrogen-bond acceptors (Lipinski definition) is 3. The summed E-state index contributed by atoms with van der Waals surface area (Å²) in [5.41, 5.74) is 0.575. The normalized spacial score (nSPS) is 32.8. The van der Waals surface area contributed by atoms with Gasteiger partial charge in [0.2, 0.25) is 10.8 Å². The Balaban J connectivity index is 2.94. The molecule has 0 aromatic carbocycles. The molecule has 1 atom stereocenters. The van der Waals surface area contributed by atoms with Gasteiger partial charge in [-0.25, -0.2) is 0 Å². The second kappa shape index (κ2) is 3.29. The van der Waals surface area contributed by atoms with Crippen molar-refractivity contribution in [3.05, 3.63) is 24.0 Å². The number of carbonyl (C=O) groups excluding carboxylic acids is 1. The van der Waals surface area contributed by atoms with Crippen LogP contribution in [0.2, 0.25) is 0 Å². The Morgan fingerprint density at radius 1 is 1.75 bits per heavy atom. The summed E-state index contributed by atoms with van der Waals surface area (Å²) >= 11 is 5.81. The van der Waals surface area contributed by atoms with Gasteiger partial charge in [0.25, 0.3) is 0 Å². The maximum Gasteiger partial charge on any atom is 0.208 e. The van der Waals surface area contributed by atoms with E-state index in [-0.39, 0.29) is 12.2 Å². The van der Waals surface area contributed by atoms with Gasteiger partial charge in [0.1, 0.15) is 0 Å². The highest BCUT2D eigenvalue weighted by atomic mass is 35.5. The van der Waals surface area contributed by atoms with Crippen molar-refractivity contribution in [2.45, 2.75) is 11.5 Å². The van der Waals surface area contributed by atoms with Crippen LogP contribution in [-0.4, -0.2) is 23.1 Å². The van der Waals surface area contributed by atoms with Crippen LogP contribution in [0.1, 0.15) is 6.42 Å². The van der Waals surface area contributed by atoms with E-state index in [0.717, 1.165) is 6.26 Å². The van der Waals surface area contributed by atoms with Crippen molar-refractivity contribution in [3.63, 3.8) is 0 Å². The number of aliphatic hydroxyl groups excluding tert-OH is 1. The summed E-state index contributed by atoms with van der Waals surface area (Å²) in [7, 11) is 1.36. The minimum Gasteiger partial charge on any atom is -0.515 e. The lowest BCUT2D eigenvalue weighted by Crippen LogP contribution is -2.35. The van der Waals surface area contributed by atoms with Crippen LogP contribution in [-0.2, 0) is 9.53 Å². The molecule has 12 heavy (non-hydrogen) atoms. The van der Waals surface area contributed by atoms with Gasteiger partial charge in [0, 0.05) is 13.5 Å². The topological polar surface area (TPSA) is 46.5 Å². The third kappa shape index (κ3) is 1.52. The fraction of sp³-hybridized carbons (Fsp3) is 0.375. The third-order valence-corrected chi connectivity index (χ3v) is 2.21. The number of ether oxygens (including phenoxy) is 1. The molecule has 3 nitrogen and oxygen atoms in total. The van der Waals surface area contributed by atoms with E-state index >= 15 is 0 Å². The zero-order chi connectivity index (χ0) is 9.19. The van der Waals surface area contributed by atoms with E-state index in [2.05, 4.69) is 0 Å². The lowest BCUT2D eigenvalue weighted by atomic mass is 9.98. The van der Waals surface area contributed by atoms with Gasteiger partial charge >= 0.3 is 0 Å². The number of halogens is 1. The Morgan fingerprint density at radius 3 is 2.92 bits per heavy atom. The monoisotopic (exact) mass is 188 g/mol. The van der Waals surface area contributed by atoms with Crippen LogP contribution in [0.25, 0.3) is 0 Å². The number of aliphatic hydroxyl groups is 1. The van der Waals surface area contributed by atoms with E-state index in [4.69, 9.17) is 21.4 Å². The molecule has 66 valence electrons. The Labute approximate surface area is 75.3 Å². The molecule has 1 aliphatic rings. The first kappa shape index (κ1) is 9.29. The van der Waals surface area contributed by atoms with Crippen molar-refractivity contribution in [1.82, 2.24) is 0 Å². The average molecular weight is 189 g/mol. The predicted octanol–water partition coefficient (Wildman–Crippen LogP) is 1.54. The van der Waals surface area contributed by atoms with E-state index in [1.165, 1.54) is 19.3 Å². The molecule has 0 saturated heterocycles. The molecule has 0 heterocycles. The lowest BCUT2D eigenvalue weighted by molar-refractivity contribution is -0.127. The number of allylic oxidation sites excluding steroid dienone is 1. The van der Waals surface area contributed by atoms with Crippen LogP contribution >= 0.6 is 11.6 Å². The molecule has 0 amide bonds. The fourth-order valence-corrected chi connectivity index (χ4v) is 1.19. The molecule has 1 rings (SSSR count). The first-order chi connectivity index (χ1) is 5.62. The van der Waals surface area contributed by atoms with E-state index in [9.17, 15) is 4.79 Å². The quantitative estimate of drug-likeness (QED) is 0.502. The van der Waals surface area contributed by atoms with Crippen LogP contribution in [0.3, 0.4) is 0 Å². The molecule has 1 aliphatic carbocycles. The van der Waals surface area contributed by atoms with Gasteiger partial charge in [-0.2, -0.15) is 0 Å². The molecular weight excluding hydrogens is 180 g/mol. The second-order valence-electron chi connectivity index (χ2n) is 2.51. The van der Waals surface area contributed by atoms with Gasteiger partial charge in [0.15, 0.2) is 0 Å². The molecule has 0 fully saturated rings. The maximum atomic E-state index is 11.2. The fourth-order valence-electron chi connectivity index (χ4n) is 0.977. The van der Waals surface area contributed by atoms with Gasteiger partial charge in [-0.3, -0.25) is 4.79 Å². The predicted molar refractivity (Wildman–Crippen MR) is 45.1 cm³/mol. The molecule has 0 radical (unpaired) electrons. The molecule has 0 spiro atoms. The maximum absolute atomic E-state index is 11.2. The second-order valence-corrected chi connectivity index (χ2v) is 3.12. The molecule has 0 bridgehead atoms. The largest absolute Gasteiger partial charge is 0.515 e. The molecule has 0 saturated carbocycles. The van der Waals surface area contributed by atoms with Gasteiger partial charge in [-0.1, -0.05) is 17.7 Å². The van der Waals surface area contributed by atoms with E-state index in [1.807, 2.05) is 0 Å². The number of hydrogen-bond donors (Lipinski definition) is 1. The zero-order valence-electron chi connectivity index (χ0n) is 6.58. The van der Waals surface area contributed by atoms with Gasteiger partial charge in [0.05, 0.1) is 6.26 Å². The zero-order valence-corrected chi connectivity index (χ0v) is 7.34. The van der Waals surface area contributed by atoms with Crippen molar-refractivity contribution in [3.8, 4) is 0 Å². The smallest absolute Gasteiger partial charge is 0.208 e. The standard InChI is InChI=1S/C8H9ClO3/c1-12-8(9)4-6(5-10)2-3-7(8)11/h2-3,5,10H,4H2,1H3. The molecule has 4 heteroatoms. The Bertz CT molecular complexity index is 257. The van der Waals surface area contributed by atoms with Crippen molar-refractivity contribution in [2.75, 3.05) is 7.11 Å². The van der Waals surface area contributed by atoms with E-state index in [1.54, 1.807) is 0 Å². The summed E-state index contributed by atoms with van der Waals surface area (Å²) in [6, 6.07) is 0. The van der Waals surface area contributed by atoms with Crippen molar-refractivity contribution < 1.29 is 14.6 Å². The highest BCUT2D eigenvalue weighted by Gasteiger charge is 2.37. The molecular formula is C8H9ClO3. The minimum atomic E-state index is -1.33. The molecule has 0 aromatic heterocycles. The van der Waals surface area contributed by atoms with Gasteiger partial charge in [-0.15, -0.1) is 0 Å². The Hall–Kier alpha value is -0.800. The van der Waals surface area contributed by atoms with Crippen LogP contribution in [0.5, 0.6) is 0 Å². The third-order valence-electron chi connectivity index (χ3n) is 1.74. The molecule has 0 aromatic rings. The van der Waals surface area contributed by atoms with Crippen LogP contribution in [0, 0.1) is 0 Å². The van der Waals surface area contributed by atoms with Crippen molar-refractivity contribution in [1.29, 1.82) is 0 Å². The summed E-state index contributed by atoms with van der Waals surface area (Å²) in [6.45, 7) is 0. The highest BCUT2D eigenvalue weighted by molar-refractivity contribution is 6.36. The number of carbonyl (C=O) groups is 1. The van der Waals surface area contributed by atoms with Crippen LogP contribution < -0.4 is 0 Å².